The molecule has 0 spiro atoms. The van der Waals surface area contributed by atoms with Crippen molar-refractivity contribution in [3.8, 4) is 0 Å². The van der Waals surface area contributed by atoms with Crippen LogP contribution in [-0.2, 0) is 0 Å². The molecule has 0 bridgehead atoms. The minimum atomic E-state index is -0.122. The van der Waals surface area contributed by atoms with E-state index in [4.69, 9.17) is 0 Å². The molecule has 1 N–H and O–H groups in total. The summed E-state index contributed by atoms with van der Waals surface area (Å²) in [5.41, 5.74) is 4.07. The molecular weight excluding hydrogens is 376 g/mol. The van der Waals surface area contributed by atoms with E-state index in [1.165, 1.54) is 57.8 Å². The Morgan fingerprint density at radius 3 is 2.00 bits per heavy atom. The lowest BCUT2D eigenvalue weighted by Gasteiger charge is -2.70. The maximum Gasteiger partial charge on any atom is 0.0594 e. The van der Waals surface area contributed by atoms with E-state index in [1.54, 1.807) is 0 Å². The van der Waals surface area contributed by atoms with Gasteiger partial charge in [-0.15, -0.1) is 0 Å². The van der Waals surface area contributed by atoms with Crippen molar-refractivity contribution in [2.75, 3.05) is 0 Å². The predicted molar refractivity (Wildman–Crippen MR) is 131 cm³/mol. The van der Waals surface area contributed by atoms with Gasteiger partial charge in [0.15, 0.2) is 0 Å². The molecule has 0 aromatic carbocycles. The van der Waals surface area contributed by atoms with Gasteiger partial charge in [0, 0.05) is 0 Å². The van der Waals surface area contributed by atoms with Crippen molar-refractivity contribution >= 4 is 0 Å². The lowest BCUT2D eigenvalue weighted by molar-refractivity contribution is -0.184. The predicted octanol–water partition coefficient (Wildman–Crippen LogP) is 8.17. The second kappa shape index (κ2) is 6.43. The van der Waals surface area contributed by atoms with E-state index < -0.39 is 0 Å². The van der Waals surface area contributed by atoms with Gasteiger partial charge in [0.05, 0.1) is 6.10 Å². The van der Waals surface area contributed by atoms with Crippen LogP contribution in [0.4, 0.5) is 0 Å². The highest BCUT2D eigenvalue weighted by molar-refractivity contribution is 5.34. The molecule has 4 fully saturated rings. The van der Waals surface area contributed by atoms with E-state index in [9.17, 15) is 5.11 Å². The second-order valence-corrected chi connectivity index (χ2v) is 15.3. The fourth-order valence-corrected chi connectivity index (χ4v) is 10.8. The fourth-order valence-electron chi connectivity index (χ4n) is 10.8. The first-order valence-electron chi connectivity index (χ1n) is 13.6. The molecule has 31 heavy (non-hydrogen) atoms. The molecule has 0 heterocycles. The summed E-state index contributed by atoms with van der Waals surface area (Å²) in [7, 11) is 0. The zero-order chi connectivity index (χ0) is 22.7. The van der Waals surface area contributed by atoms with Gasteiger partial charge in [-0.25, -0.2) is 0 Å². The first-order chi connectivity index (χ1) is 14.2. The normalized spacial score (nSPS) is 55.2. The molecule has 176 valence electrons. The Bertz CT molecular complexity index is 790. The van der Waals surface area contributed by atoms with Crippen molar-refractivity contribution in [3.05, 3.63) is 11.6 Å². The van der Waals surface area contributed by atoms with Gasteiger partial charge in [-0.3, -0.25) is 0 Å². The van der Waals surface area contributed by atoms with E-state index in [-0.39, 0.29) is 11.5 Å². The molecule has 0 amide bonds. The minimum absolute atomic E-state index is 0.0575. The summed E-state index contributed by atoms with van der Waals surface area (Å²) in [5, 5.41) is 10.9. The molecule has 5 aliphatic carbocycles. The summed E-state index contributed by atoms with van der Waals surface area (Å²) in [6.07, 6.45) is 15.8. The van der Waals surface area contributed by atoms with E-state index >= 15 is 0 Å². The van der Waals surface area contributed by atoms with Gasteiger partial charge in [0.25, 0.3) is 0 Å². The van der Waals surface area contributed by atoms with Crippen LogP contribution in [0.5, 0.6) is 0 Å². The molecule has 4 saturated carbocycles. The molecule has 0 radical (unpaired) electrons. The van der Waals surface area contributed by atoms with Crippen molar-refractivity contribution in [1.82, 2.24) is 0 Å². The number of rotatable bonds is 0. The Kier molecular flexibility index (Phi) is 4.66. The van der Waals surface area contributed by atoms with Gasteiger partial charge < -0.3 is 5.11 Å². The molecule has 1 heteroatoms. The lowest BCUT2D eigenvalue weighted by atomic mass is 9.35. The zero-order valence-electron chi connectivity index (χ0n) is 21.9. The molecule has 0 aliphatic heterocycles. The van der Waals surface area contributed by atoms with E-state index in [0.29, 0.717) is 33.0 Å². The Morgan fingerprint density at radius 2 is 1.32 bits per heavy atom. The van der Waals surface area contributed by atoms with E-state index in [1.807, 2.05) is 5.57 Å². The average Bonchev–Trinajstić information content (AvgIpc) is 2.66. The van der Waals surface area contributed by atoms with Crippen molar-refractivity contribution < 1.29 is 5.11 Å². The summed E-state index contributed by atoms with van der Waals surface area (Å²) >= 11 is 0. The highest BCUT2D eigenvalue weighted by Crippen LogP contribution is 2.74. The zero-order valence-corrected chi connectivity index (χ0v) is 21.9. The Labute approximate surface area is 192 Å². The SMILES string of the molecule is CC1(C)CC[C@@]2(C)CC=C3[C@]4(C)CC[C@H]5C(C)(C)[C@H](O)CC[C@]5(C)[C@H]4CC[C@@]3(C)[C@H]2C1. The fraction of sp³-hybridized carbons (Fsp3) is 0.933. The largest absolute Gasteiger partial charge is 0.393 e. The molecule has 0 unspecified atom stereocenters. The second-order valence-electron chi connectivity index (χ2n) is 15.3. The van der Waals surface area contributed by atoms with E-state index in [2.05, 4.69) is 61.5 Å². The standard InChI is InChI=1S/C30H50O/c1-25(2)17-18-27(5)13-9-21-29(7)14-10-20-26(3,4)24(31)12-16-28(20,6)22(29)11-15-30(21,8)23(27)19-25/h9,20,22-24,31H,10-19H2,1-8H3/t20-,22+,23-,24+,27+,28-,29-,30+/m0/s1. The molecule has 5 aliphatic rings. The smallest absolute Gasteiger partial charge is 0.0594 e. The van der Waals surface area contributed by atoms with Crippen LogP contribution in [0.25, 0.3) is 0 Å². The van der Waals surface area contributed by atoms with Gasteiger partial charge in [-0.1, -0.05) is 67.0 Å². The number of aliphatic hydroxyl groups is 1. The molecule has 8 atom stereocenters. The first-order valence-corrected chi connectivity index (χ1v) is 13.6. The van der Waals surface area contributed by atoms with Crippen LogP contribution in [0.15, 0.2) is 11.6 Å². The Balaban J connectivity index is 1.56. The van der Waals surface area contributed by atoms with Crippen LogP contribution >= 0.6 is 0 Å². The Hall–Kier alpha value is -0.300. The summed E-state index contributed by atoms with van der Waals surface area (Å²) in [4.78, 5) is 0. The van der Waals surface area contributed by atoms with Crippen molar-refractivity contribution in [3.63, 3.8) is 0 Å². The van der Waals surface area contributed by atoms with Gasteiger partial charge in [0.1, 0.15) is 0 Å². The number of hydrogen-bond acceptors (Lipinski definition) is 1. The van der Waals surface area contributed by atoms with Gasteiger partial charge in [-0.05, 0) is 114 Å². The summed E-state index contributed by atoms with van der Waals surface area (Å²) in [6.45, 7) is 20.4. The topological polar surface area (TPSA) is 20.2 Å². The highest BCUT2D eigenvalue weighted by Gasteiger charge is 2.66. The maximum absolute atomic E-state index is 10.9. The summed E-state index contributed by atoms with van der Waals surface area (Å²) in [6, 6.07) is 0. The number of hydrogen-bond donors (Lipinski definition) is 1. The maximum atomic E-state index is 10.9. The number of fused-ring (bicyclic) bond motifs is 7. The van der Waals surface area contributed by atoms with E-state index in [0.717, 1.165) is 18.3 Å². The summed E-state index contributed by atoms with van der Waals surface area (Å²) in [5.74, 6) is 2.29. The van der Waals surface area contributed by atoms with Crippen LogP contribution in [-0.4, -0.2) is 11.2 Å². The lowest BCUT2D eigenvalue weighted by Crippen LogP contribution is -2.63. The molecule has 0 aromatic rings. The monoisotopic (exact) mass is 426 g/mol. The third kappa shape index (κ3) is 2.83. The molecule has 0 aromatic heterocycles. The molecular formula is C30H50O. The molecule has 1 nitrogen and oxygen atoms in total. The average molecular weight is 427 g/mol. The minimum Gasteiger partial charge on any atom is -0.393 e. The molecule has 5 rings (SSSR count). The van der Waals surface area contributed by atoms with Gasteiger partial charge >= 0.3 is 0 Å². The van der Waals surface area contributed by atoms with Crippen LogP contribution in [0.3, 0.4) is 0 Å². The third-order valence-electron chi connectivity index (χ3n) is 12.7. The third-order valence-corrected chi connectivity index (χ3v) is 12.7. The van der Waals surface area contributed by atoms with Gasteiger partial charge in [-0.2, -0.15) is 0 Å². The highest BCUT2D eigenvalue weighted by atomic mass is 16.3. The quantitative estimate of drug-likeness (QED) is 0.387. The van der Waals surface area contributed by atoms with Crippen LogP contribution < -0.4 is 0 Å². The van der Waals surface area contributed by atoms with Crippen LogP contribution in [0.1, 0.15) is 120 Å². The van der Waals surface area contributed by atoms with Crippen molar-refractivity contribution in [1.29, 1.82) is 0 Å². The summed E-state index contributed by atoms with van der Waals surface area (Å²) < 4.78 is 0. The number of aliphatic hydroxyl groups excluding tert-OH is 1. The van der Waals surface area contributed by atoms with Crippen molar-refractivity contribution in [2.24, 2.45) is 50.2 Å². The van der Waals surface area contributed by atoms with Crippen molar-refractivity contribution in [2.45, 2.75) is 126 Å². The van der Waals surface area contributed by atoms with Crippen LogP contribution in [0, 0.1) is 50.2 Å². The van der Waals surface area contributed by atoms with Gasteiger partial charge in [0.2, 0.25) is 0 Å². The Morgan fingerprint density at radius 1 is 0.710 bits per heavy atom. The number of allylic oxidation sites excluding steroid dienone is 2. The first kappa shape index (κ1) is 22.5. The van der Waals surface area contributed by atoms with Crippen LogP contribution in [0.2, 0.25) is 0 Å². The molecule has 0 saturated heterocycles.